The van der Waals surface area contributed by atoms with Crippen molar-refractivity contribution in [3.63, 3.8) is 0 Å². The smallest absolute Gasteiger partial charge is 0.425 e. The van der Waals surface area contributed by atoms with Crippen molar-refractivity contribution in [3.8, 4) is 0 Å². The topological polar surface area (TPSA) is 108 Å². The number of carbonyl (C=O) groups excluding carboxylic acids is 3. The summed E-state index contributed by atoms with van der Waals surface area (Å²) in [6, 6.07) is 0. The lowest BCUT2D eigenvalue weighted by Crippen LogP contribution is -2.49. The lowest BCUT2D eigenvalue weighted by Gasteiger charge is -2.30. The lowest BCUT2D eigenvalue weighted by molar-refractivity contribution is -0.314. The van der Waals surface area contributed by atoms with Gasteiger partial charge in [0, 0.05) is 17.8 Å². The van der Waals surface area contributed by atoms with Gasteiger partial charge in [0.25, 0.3) is 0 Å². The van der Waals surface area contributed by atoms with Crippen LogP contribution in [-0.4, -0.2) is 25.1 Å². The Morgan fingerprint density at radius 1 is 1.12 bits per heavy atom. The molecule has 0 aromatic rings. The zero-order valence-electron chi connectivity index (χ0n) is 9.52. The summed E-state index contributed by atoms with van der Waals surface area (Å²) in [4.78, 5) is 33.3. The molecule has 0 radical (unpaired) electrons. The van der Waals surface area contributed by atoms with Crippen LogP contribution in [0.15, 0.2) is 0 Å². The molecule has 1 rings (SSSR count). The first-order valence-electron chi connectivity index (χ1n) is 5.41. The predicted octanol–water partition coefficient (Wildman–Crippen LogP) is -1.07. The molecule has 1 saturated carbocycles. The second kappa shape index (κ2) is 6.07. The van der Waals surface area contributed by atoms with Crippen LogP contribution < -0.4 is 16.0 Å². The highest BCUT2D eigenvalue weighted by Crippen LogP contribution is 2.29. The van der Waals surface area contributed by atoms with Crippen LogP contribution in [0.5, 0.6) is 0 Å². The fraction of sp³-hybridized carbons (Fsp3) is 0.700. The number of amides is 2. The highest BCUT2D eigenvalue weighted by Gasteiger charge is 2.31. The monoisotopic (exact) mass is 243 g/mol. The third-order valence-electron chi connectivity index (χ3n) is 2.88. The number of carboxylic acid groups (broad SMARTS) is 1. The van der Waals surface area contributed by atoms with Crippen LogP contribution in [0.4, 0.5) is 4.79 Å². The lowest BCUT2D eigenvalue weighted by atomic mass is 9.79. The van der Waals surface area contributed by atoms with Gasteiger partial charge in [-0.3, -0.25) is 10.2 Å². The highest BCUT2D eigenvalue weighted by atomic mass is 16.5. The number of ether oxygens (including phenoxy) is 1. The van der Waals surface area contributed by atoms with Gasteiger partial charge in [0.15, 0.2) is 0 Å². The summed E-state index contributed by atoms with van der Waals surface area (Å²) >= 11 is 0. The standard InChI is InChI=1S/C10H16N2O5/c1-17-10(16)12-11-8(13)6-4-2-3-5-7(6)9(14)15/h6-7H,2-5H2,1H3,(H,11,13)(H,12,16)(H,14,15)/p-1/t6-,7+/m1/s1. The average molecular weight is 243 g/mol. The van der Waals surface area contributed by atoms with Crippen molar-refractivity contribution in [2.24, 2.45) is 11.8 Å². The predicted molar refractivity (Wildman–Crippen MR) is 54.1 cm³/mol. The van der Waals surface area contributed by atoms with E-state index in [9.17, 15) is 19.5 Å². The van der Waals surface area contributed by atoms with Crippen LogP contribution in [-0.2, 0) is 14.3 Å². The maximum atomic E-state index is 11.7. The fourth-order valence-corrected chi connectivity index (χ4v) is 1.98. The summed E-state index contributed by atoms with van der Waals surface area (Å²) in [5, 5.41) is 10.9. The van der Waals surface area contributed by atoms with Gasteiger partial charge in [0.05, 0.1) is 7.11 Å². The molecule has 0 aromatic carbocycles. The Labute approximate surface area is 98.5 Å². The van der Waals surface area contributed by atoms with Crippen LogP contribution in [0.2, 0.25) is 0 Å². The van der Waals surface area contributed by atoms with Crippen molar-refractivity contribution >= 4 is 18.0 Å². The average Bonchev–Trinajstić information content (AvgIpc) is 2.35. The normalized spacial score (nSPS) is 23.6. The number of hydrazine groups is 1. The molecule has 0 aromatic heterocycles. The first-order valence-corrected chi connectivity index (χ1v) is 5.41. The summed E-state index contributed by atoms with van der Waals surface area (Å²) in [5.41, 5.74) is 4.15. The molecule has 0 saturated heterocycles. The molecule has 1 aliphatic carbocycles. The van der Waals surface area contributed by atoms with E-state index in [1.54, 1.807) is 0 Å². The summed E-state index contributed by atoms with van der Waals surface area (Å²) in [6.07, 6.45) is 1.66. The molecule has 17 heavy (non-hydrogen) atoms. The van der Waals surface area contributed by atoms with E-state index in [0.29, 0.717) is 12.8 Å². The number of aliphatic carboxylic acids is 1. The minimum absolute atomic E-state index is 0.429. The Balaban J connectivity index is 2.53. The first-order chi connectivity index (χ1) is 8.06. The molecule has 0 spiro atoms. The van der Waals surface area contributed by atoms with Crippen LogP contribution in [0.25, 0.3) is 0 Å². The Bertz CT molecular complexity index is 318. The molecule has 1 fully saturated rings. The van der Waals surface area contributed by atoms with E-state index in [0.717, 1.165) is 20.0 Å². The van der Waals surface area contributed by atoms with E-state index in [2.05, 4.69) is 10.2 Å². The Kier molecular flexibility index (Phi) is 4.74. The maximum Gasteiger partial charge on any atom is 0.425 e. The van der Waals surface area contributed by atoms with E-state index in [1.807, 2.05) is 5.43 Å². The molecule has 2 atom stereocenters. The van der Waals surface area contributed by atoms with Crippen LogP contribution in [0.3, 0.4) is 0 Å². The number of nitrogens with one attached hydrogen (secondary N) is 2. The van der Waals surface area contributed by atoms with Crippen molar-refractivity contribution in [3.05, 3.63) is 0 Å². The zero-order valence-corrected chi connectivity index (χ0v) is 9.52. The number of methoxy groups -OCH3 is 1. The van der Waals surface area contributed by atoms with Gasteiger partial charge in [-0.1, -0.05) is 12.8 Å². The SMILES string of the molecule is COC(=O)NNC(=O)[C@@H]1CCCC[C@@H]1C(=O)[O-]. The van der Waals surface area contributed by atoms with E-state index in [4.69, 9.17) is 0 Å². The quantitative estimate of drug-likeness (QED) is 0.600. The van der Waals surface area contributed by atoms with Crippen molar-refractivity contribution in [2.75, 3.05) is 7.11 Å². The van der Waals surface area contributed by atoms with Gasteiger partial charge < -0.3 is 14.6 Å². The molecule has 2 amide bonds. The van der Waals surface area contributed by atoms with Crippen LogP contribution in [0.1, 0.15) is 25.7 Å². The van der Waals surface area contributed by atoms with Gasteiger partial charge in [0.2, 0.25) is 5.91 Å². The van der Waals surface area contributed by atoms with Crippen molar-refractivity contribution in [1.82, 2.24) is 10.9 Å². The van der Waals surface area contributed by atoms with Gasteiger partial charge in [-0.05, 0) is 12.8 Å². The Morgan fingerprint density at radius 2 is 1.71 bits per heavy atom. The van der Waals surface area contributed by atoms with Crippen LogP contribution >= 0.6 is 0 Å². The molecule has 2 N–H and O–H groups in total. The number of hydrogen-bond acceptors (Lipinski definition) is 5. The Morgan fingerprint density at radius 3 is 2.24 bits per heavy atom. The number of hydrogen-bond donors (Lipinski definition) is 2. The molecule has 0 bridgehead atoms. The van der Waals surface area contributed by atoms with E-state index < -0.39 is 29.8 Å². The number of carboxylic acids is 1. The third kappa shape index (κ3) is 3.61. The van der Waals surface area contributed by atoms with E-state index in [1.165, 1.54) is 0 Å². The number of rotatable bonds is 2. The molecular weight excluding hydrogens is 228 g/mol. The van der Waals surface area contributed by atoms with Gasteiger partial charge in [-0.15, -0.1) is 0 Å². The molecule has 7 nitrogen and oxygen atoms in total. The second-order valence-electron chi connectivity index (χ2n) is 3.92. The molecule has 0 unspecified atom stereocenters. The minimum atomic E-state index is -1.22. The molecule has 96 valence electrons. The molecule has 1 aliphatic rings. The molecule has 0 aliphatic heterocycles. The van der Waals surface area contributed by atoms with E-state index in [-0.39, 0.29) is 0 Å². The summed E-state index contributed by atoms with van der Waals surface area (Å²) < 4.78 is 4.27. The van der Waals surface area contributed by atoms with Gasteiger partial charge in [-0.25, -0.2) is 10.2 Å². The summed E-state index contributed by atoms with van der Waals surface area (Å²) in [5.74, 6) is -3.19. The van der Waals surface area contributed by atoms with Gasteiger partial charge in [-0.2, -0.15) is 0 Å². The maximum absolute atomic E-state index is 11.7. The van der Waals surface area contributed by atoms with Crippen molar-refractivity contribution in [1.29, 1.82) is 0 Å². The van der Waals surface area contributed by atoms with E-state index >= 15 is 0 Å². The van der Waals surface area contributed by atoms with Gasteiger partial charge >= 0.3 is 6.09 Å². The molecule has 0 heterocycles. The molecular formula is C10H15N2O5-. The first kappa shape index (κ1) is 13.3. The third-order valence-corrected chi connectivity index (χ3v) is 2.88. The number of carbonyl (C=O) groups is 3. The largest absolute Gasteiger partial charge is 0.550 e. The Hall–Kier alpha value is -1.79. The van der Waals surface area contributed by atoms with Crippen molar-refractivity contribution < 1.29 is 24.2 Å². The van der Waals surface area contributed by atoms with Gasteiger partial charge in [0.1, 0.15) is 0 Å². The summed E-state index contributed by atoms with van der Waals surface area (Å²) in [6.45, 7) is 0. The zero-order chi connectivity index (χ0) is 12.8. The second-order valence-corrected chi connectivity index (χ2v) is 3.92. The highest BCUT2D eigenvalue weighted by molar-refractivity contribution is 5.85. The fourth-order valence-electron chi connectivity index (χ4n) is 1.98. The molecule has 7 heteroatoms. The van der Waals surface area contributed by atoms with Crippen molar-refractivity contribution in [2.45, 2.75) is 25.7 Å². The summed E-state index contributed by atoms with van der Waals surface area (Å²) in [7, 11) is 1.16. The van der Waals surface area contributed by atoms with Crippen LogP contribution in [0, 0.1) is 11.8 Å². The minimum Gasteiger partial charge on any atom is -0.550 e.